The maximum Gasteiger partial charge on any atom is 0.282 e. The van der Waals surface area contributed by atoms with Crippen LogP contribution in [0, 0.1) is 0 Å². The Morgan fingerprint density at radius 2 is 1.89 bits per heavy atom. The third-order valence-corrected chi connectivity index (χ3v) is 5.42. The Kier molecular flexibility index (Phi) is 6.55. The number of hydrogen-bond donors (Lipinski definition) is 1. The second kappa shape index (κ2) is 7.43. The highest BCUT2D eigenvalue weighted by Crippen LogP contribution is 2.23. The van der Waals surface area contributed by atoms with Crippen molar-refractivity contribution in [2.45, 2.75) is 45.6 Å². The van der Waals surface area contributed by atoms with E-state index in [9.17, 15) is 8.42 Å². The average molecular weight is 277 g/mol. The Morgan fingerprint density at radius 1 is 1.28 bits per heavy atom. The number of rotatable bonds is 8. The minimum Gasteiger partial charge on any atom is -0.318 e. The van der Waals surface area contributed by atoms with Crippen molar-refractivity contribution < 1.29 is 8.42 Å². The summed E-state index contributed by atoms with van der Waals surface area (Å²) in [6.07, 6.45) is 3.66. The van der Waals surface area contributed by atoms with Crippen molar-refractivity contribution in [2.24, 2.45) is 0 Å². The fraction of sp³-hybridized carbons (Fsp3) is 1.00. The van der Waals surface area contributed by atoms with Crippen molar-refractivity contribution in [2.75, 3.05) is 33.2 Å². The van der Waals surface area contributed by atoms with E-state index in [0.717, 1.165) is 32.2 Å². The van der Waals surface area contributed by atoms with Crippen LogP contribution in [0.1, 0.15) is 39.5 Å². The monoisotopic (exact) mass is 277 g/mol. The molecule has 5 nitrogen and oxygen atoms in total. The molecule has 0 aliphatic carbocycles. The average Bonchev–Trinajstić information content (AvgIpc) is 2.78. The van der Waals surface area contributed by atoms with E-state index in [-0.39, 0.29) is 6.04 Å². The molecule has 0 aromatic heterocycles. The normalized spacial score (nSPS) is 21.9. The van der Waals surface area contributed by atoms with Crippen molar-refractivity contribution in [3.63, 3.8) is 0 Å². The molecular weight excluding hydrogens is 250 g/mol. The van der Waals surface area contributed by atoms with E-state index >= 15 is 0 Å². The lowest BCUT2D eigenvalue weighted by atomic mass is 10.2. The molecule has 1 N–H and O–H groups in total. The van der Waals surface area contributed by atoms with Gasteiger partial charge in [-0.1, -0.05) is 13.8 Å². The Labute approximate surface area is 112 Å². The second-order valence-corrected chi connectivity index (χ2v) is 6.75. The van der Waals surface area contributed by atoms with Gasteiger partial charge < -0.3 is 5.32 Å². The van der Waals surface area contributed by atoms with Crippen molar-refractivity contribution in [3.8, 4) is 0 Å². The topological polar surface area (TPSA) is 52.7 Å². The van der Waals surface area contributed by atoms with Crippen LogP contribution in [0.5, 0.6) is 0 Å². The van der Waals surface area contributed by atoms with E-state index in [0.29, 0.717) is 19.6 Å². The van der Waals surface area contributed by atoms with Crippen LogP contribution in [-0.4, -0.2) is 56.3 Å². The molecule has 0 aromatic carbocycles. The summed E-state index contributed by atoms with van der Waals surface area (Å²) in [7, 11) is -1.40. The van der Waals surface area contributed by atoms with E-state index in [1.165, 1.54) is 0 Å². The van der Waals surface area contributed by atoms with Gasteiger partial charge in [0.2, 0.25) is 0 Å². The van der Waals surface area contributed by atoms with Gasteiger partial charge in [-0.3, -0.25) is 0 Å². The molecule has 1 rings (SSSR count). The molecule has 1 saturated heterocycles. The third kappa shape index (κ3) is 3.66. The van der Waals surface area contributed by atoms with Gasteiger partial charge in [-0.25, -0.2) is 0 Å². The summed E-state index contributed by atoms with van der Waals surface area (Å²) in [6.45, 7) is 6.70. The maximum absolute atomic E-state index is 12.6. The molecule has 0 aromatic rings. The zero-order chi connectivity index (χ0) is 13.6. The predicted molar refractivity (Wildman–Crippen MR) is 74.7 cm³/mol. The molecule has 1 aliphatic rings. The van der Waals surface area contributed by atoms with Gasteiger partial charge in [0.15, 0.2) is 0 Å². The molecule has 0 spiro atoms. The molecule has 1 unspecified atom stereocenters. The van der Waals surface area contributed by atoms with Crippen LogP contribution in [0.3, 0.4) is 0 Å². The molecular formula is C12H27N3O2S. The number of likely N-dealkylation sites (N-methyl/N-ethyl adjacent to an activating group) is 1. The van der Waals surface area contributed by atoms with E-state index in [1.54, 1.807) is 8.61 Å². The van der Waals surface area contributed by atoms with Crippen LogP contribution < -0.4 is 5.32 Å². The largest absolute Gasteiger partial charge is 0.318 e. The summed E-state index contributed by atoms with van der Waals surface area (Å²) < 4.78 is 28.6. The first kappa shape index (κ1) is 15.9. The quantitative estimate of drug-likeness (QED) is 0.721. The van der Waals surface area contributed by atoms with Gasteiger partial charge in [0.25, 0.3) is 10.2 Å². The van der Waals surface area contributed by atoms with Crippen molar-refractivity contribution in [1.29, 1.82) is 0 Å². The molecule has 1 heterocycles. The van der Waals surface area contributed by atoms with Gasteiger partial charge in [0, 0.05) is 32.2 Å². The number of hydrogen-bond acceptors (Lipinski definition) is 3. The highest BCUT2D eigenvalue weighted by atomic mass is 32.2. The van der Waals surface area contributed by atoms with Crippen LogP contribution in [0.2, 0.25) is 0 Å². The Morgan fingerprint density at radius 3 is 2.39 bits per heavy atom. The fourth-order valence-electron chi connectivity index (χ4n) is 2.54. The summed E-state index contributed by atoms with van der Waals surface area (Å²) in [5, 5.41) is 3.09. The summed E-state index contributed by atoms with van der Waals surface area (Å²) in [5.41, 5.74) is 0. The SMILES string of the molecule is CCCN(CCC)S(=O)(=O)N1CCCC1CNC. The lowest BCUT2D eigenvalue weighted by Crippen LogP contribution is -2.48. The summed E-state index contributed by atoms with van der Waals surface area (Å²) in [5.74, 6) is 0. The molecule has 18 heavy (non-hydrogen) atoms. The zero-order valence-corrected chi connectivity index (χ0v) is 12.7. The first-order chi connectivity index (χ1) is 8.57. The minimum atomic E-state index is -3.27. The lowest BCUT2D eigenvalue weighted by molar-refractivity contribution is 0.319. The van der Waals surface area contributed by atoms with Gasteiger partial charge in [-0.15, -0.1) is 0 Å². The highest BCUT2D eigenvalue weighted by Gasteiger charge is 2.36. The van der Waals surface area contributed by atoms with Crippen molar-refractivity contribution in [1.82, 2.24) is 13.9 Å². The first-order valence-corrected chi connectivity index (χ1v) is 8.39. The van der Waals surface area contributed by atoms with E-state index in [2.05, 4.69) is 5.32 Å². The highest BCUT2D eigenvalue weighted by molar-refractivity contribution is 7.86. The summed E-state index contributed by atoms with van der Waals surface area (Å²) in [6, 6.07) is 0.121. The van der Waals surface area contributed by atoms with Gasteiger partial charge in [-0.05, 0) is 32.7 Å². The van der Waals surface area contributed by atoms with E-state index < -0.39 is 10.2 Å². The van der Waals surface area contributed by atoms with Gasteiger partial charge in [0.05, 0.1) is 0 Å². The van der Waals surface area contributed by atoms with E-state index in [1.807, 2.05) is 20.9 Å². The Balaban J connectivity index is 2.81. The van der Waals surface area contributed by atoms with Crippen molar-refractivity contribution >= 4 is 10.2 Å². The van der Waals surface area contributed by atoms with Crippen LogP contribution >= 0.6 is 0 Å². The smallest absolute Gasteiger partial charge is 0.282 e. The molecule has 1 fully saturated rings. The van der Waals surface area contributed by atoms with Gasteiger partial charge in [0.1, 0.15) is 0 Å². The molecule has 0 amide bonds. The summed E-state index contributed by atoms with van der Waals surface area (Å²) >= 11 is 0. The van der Waals surface area contributed by atoms with Crippen LogP contribution in [-0.2, 0) is 10.2 Å². The second-order valence-electron chi connectivity index (χ2n) is 4.87. The molecule has 1 atom stereocenters. The molecule has 0 bridgehead atoms. The van der Waals surface area contributed by atoms with E-state index in [4.69, 9.17) is 0 Å². The molecule has 108 valence electrons. The standard InChI is InChI=1S/C12H27N3O2S/c1-4-8-14(9-5-2)18(16,17)15-10-6-7-12(15)11-13-3/h12-13H,4-11H2,1-3H3. The lowest BCUT2D eigenvalue weighted by Gasteiger charge is -2.30. The maximum atomic E-state index is 12.6. The van der Waals surface area contributed by atoms with Gasteiger partial charge >= 0.3 is 0 Å². The first-order valence-electron chi connectivity index (χ1n) is 6.99. The number of nitrogens with zero attached hydrogens (tertiary/aromatic N) is 2. The summed E-state index contributed by atoms with van der Waals surface area (Å²) in [4.78, 5) is 0. The Hall–Kier alpha value is -0.170. The third-order valence-electron chi connectivity index (χ3n) is 3.33. The van der Waals surface area contributed by atoms with Crippen LogP contribution in [0.4, 0.5) is 0 Å². The molecule has 1 aliphatic heterocycles. The van der Waals surface area contributed by atoms with Crippen LogP contribution in [0.25, 0.3) is 0 Å². The molecule has 0 radical (unpaired) electrons. The number of nitrogens with one attached hydrogen (secondary N) is 1. The fourth-order valence-corrected chi connectivity index (χ4v) is 4.58. The minimum absolute atomic E-state index is 0.121. The van der Waals surface area contributed by atoms with Crippen molar-refractivity contribution in [3.05, 3.63) is 0 Å². The Bertz CT molecular complexity index is 326. The predicted octanol–water partition coefficient (Wildman–Crippen LogP) is 1.04. The molecule has 0 saturated carbocycles. The molecule has 6 heteroatoms. The van der Waals surface area contributed by atoms with Gasteiger partial charge in [-0.2, -0.15) is 17.0 Å². The van der Waals surface area contributed by atoms with Crippen LogP contribution in [0.15, 0.2) is 0 Å². The zero-order valence-electron chi connectivity index (χ0n) is 11.9.